The van der Waals surface area contributed by atoms with Crippen LogP contribution in [0.5, 0.6) is 23.0 Å². The molecule has 0 heterocycles. The van der Waals surface area contributed by atoms with E-state index in [1.165, 1.54) is 48.5 Å². The maximum atomic E-state index is 12.7. The number of para-hydroxylation sites is 1. The zero-order valence-electron chi connectivity index (χ0n) is 30.7. The van der Waals surface area contributed by atoms with E-state index in [2.05, 4.69) is 29.9 Å². The van der Waals surface area contributed by atoms with E-state index in [0.717, 1.165) is 10.8 Å². The molecule has 6 N–H and O–H groups in total. The molecule has 0 fully saturated rings. The zero-order chi connectivity index (χ0) is 40.7. The fraction of sp³-hybridized carbons (Fsp3) is 0.0732. The Labute approximate surface area is 344 Å². The number of sulfonamides is 2. The van der Waals surface area contributed by atoms with Crippen molar-refractivity contribution < 1.29 is 54.0 Å². The van der Waals surface area contributed by atoms with Crippen LogP contribution in [0.3, 0.4) is 0 Å². The van der Waals surface area contributed by atoms with Gasteiger partial charge in [0.15, 0.2) is 0 Å². The monoisotopic (exact) mass is 863 g/mol. The molecule has 0 spiro atoms. The van der Waals surface area contributed by atoms with Crippen molar-refractivity contribution in [3.63, 3.8) is 0 Å². The van der Waals surface area contributed by atoms with Crippen LogP contribution in [0.25, 0.3) is 21.5 Å². The first-order chi connectivity index (χ1) is 27.2. The molecule has 0 aliphatic carbocycles. The molecule has 0 atom stereocenters. The number of azo groups is 2. The first-order valence-corrected chi connectivity index (χ1v) is 20.2. The van der Waals surface area contributed by atoms with Crippen LogP contribution >= 0.6 is 0 Å². The summed E-state index contributed by atoms with van der Waals surface area (Å²) in [5.74, 6) is -0.604. The molecule has 17 heteroatoms. The molecule has 0 aromatic heterocycles. The van der Waals surface area contributed by atoms with Gasteiger partial charge in [0.1, 0.15) is 45.7 Å². The molecule has 0 saturated carbocycles. The summed E-state index contributed by atoms with van der Waals surface area (Å²) in [6.07, 6.45) is 0. The zero-order valence-corrected chi connectivity index (χ0v) is 33.4. The first kappa shape index (κ1) is 42.8. The van der Waals surface area contributed by atoms with Crippen molar-refractivity contribution in [2.24, 2.45) is 20.5 Å². The van der Waals surface area contributed by atoms with Gasteiger partial charge < -0.3 is 20.4 Å². The van der Waals surface area contributed by atoms with Crippen molar-refractivity contribution in [2.75, 3.05) is 4.72 Å². The number of benzene rings is 7. The topological polar surface area (TPSA) is 223 Å². The fourth-order valence-electron chi connectivity index (χ4n) is 5.50. The third kappa shape index (κ3) is 10.1. The van der Waals surface area contributed by atoms with Crippen LogP contribution in [0.4, 0.5) is 28.4 Å². The SMILES string of the molecule is CC(C)NS(=O)(=O)c1ccc(O)c(N=Nc2c(O)ccc3ccccc23)c1.O=S(=O)(Nc1ccccc1)c1ccc(O)c(N=Nc2c(O)ccc3ccccc23)c1.[Co]. The summed E-state index contributed by atoms with van der Waals surface area (Å²) in [5.41, 5.74) is 0.811. The van der Waals surface area contributed by atoms with Crippen LogP contribution in [0.1, 0.15) is 13.8 Å². The minimum Gasteiger partial charge on any atom is -0.506 e. The van der Waals surface area contributed by atoms with Crippen molar-refractivity contribution in [1.82, 2.24) is 4.72 Å². The second-order valence-corrected chi connectivity index (χ2v) is 16.2. The standard InChI is InChI=1S/C22H17N3O4S.C19H19N3O4S.Co/c26-20-13-11-17(30(28,29)25-16-7-2-1-3-8-16)14-19(20)23-24-22-18-9-5-4-6-15(18)10-12-21(22)27;1-12(2)22-27(25,26)14-8-10-17(23)16(11-14)20-21-19-15-6-4-3-5-13(15)7-9-18(19)24;/h1-14,25-27H;3-12,22-24H,1-2H3;. The Kier molecular flexibility index (Phi) is 13.5. The quantitative estimate of drug-likeness (QED) is 0.0725. The Morgan fingerprint density at radius 3 is 1.36 bits per heavy atom. The summed E-state index contributed by atoms with van der Waals surface area (Å²) < 4.78 is 54.9. The molecular formula is C41H36CoN6O8S2. The largest absolute Gasteiger partial charge is 0.506 e. The minimum absolute atomic E-state index is 0. The van der Waals surface area contributed by atoms with Gasteiger partial charge in [-0.1, -0.05) is 78.9 Å². The van der Waals surface area contributed by atoms with Gasteiger partial charge >= 0.3 is 0 Å². The van der Waals surface area contributed by atoms with Crippen LogP contribution in [-0.2, 0) is 36.8 Å². The number of rotatable bonds is 10. The molecule has 0 amide bonds. The Bertz CT molecular complexity index is 2880. The van der Waals surface area contributed by atoms with Crippen LogP contribution < -0.4 is 9.44 Å². The second kappa shape index (κ2) is 18.3. The fourth-order valence-corrected chi connectivity index (χ4v) is 7.85. The molecule has 299 valence electrons. The number of phenolic OH excluding ortho intramolecular Hbond substituents is 4. The van der Waals surface area contributed by atoms with Gasteiger partial charge in [0.2, 0.25) is 10.0 Å². The van der Waals surface area contributed by atoms with Gasteiger partial charge in [-0.05, 0) is 85.3 Å². The number of hydrogen-bond acceptors (Lipinski definition) is 12. The number of fused-ring (bicyclic) bond motifs is 2. The van der Waals surface area contributed by atoms with E-state index in [1.807, 2.05) is 30.3 Å². The number of aromatic hydroxyl groups is 4. The predicted octanol–water partition coefficient (Wildman–Crippen LogP) is 9.82. The Hall–Kier alpha value is -6.37. The number of phenols is 4. The van der Waals surface area contributed by atoms with Crippen molar-refractivity contribution in [1.29, 1.82) is 0 Å². The van der Waals surface area contributed by atoms with E-state index >= 15 is 0 Å². The Balaban J connectivity index is 0.000000218. The summed E-state index contributed by atoms with van der Waals surface area (Å²) in [5, 5.41) is 59.6. The number of nitrogens with zero attached hydrogens (tertiary/aromatic N) is 4. The summed E-state index contributed by atoms with van der Waals surface area (Å²) >= 11 is 0. The van der Waals surface area contributed by atoms with Gasteiger partial charge in [0.25, 0.3) is 10.0 Å². The number of anilines is 1. The van der Waals surface area contributed by atoms with E-state index in [-0.39, 0.29) is 78.4 Å². The van der Waals surface area contributed by atoms with Crippen LogP contribution in [0.15, 0.2) is 170 Å². The molecule has 0 aliphatic heterocycles. The maximum Gasteiger partial charge on any atom is 0.261 e. The third-order valence-corrected chi connectivity index (χ3v) is 11.2. The van der Waals surface area contributed by atoms with E-state index in [4.69, 9.17) is 0 Å². The minimum atomic E-state index is -3.89. The van der Waals surface area contributed by atoms with E-state index in [1.54, 1.807) is 74.5 Å². The van der Waals surface area contributed by atoms with Gasteiger partial charge in [-0.15, -0.1) is 20.5 Å². The van der Waals surface area contributed by atoms with Crippen molar-refractivity contribution >= 4 is 70.0 Å². The molecule has 1 radical (unpaired) electrons. The van der Waals surface area contributed by atoms with Crippen LogP contribution in [-0.4, -0.2) is 43.3 Å². The Morgan fingerprint density at radius 1 is 0.483 bits per heavy atom. The molecular weight excluding hydrogens is 828 g/mol. The molecule has 7 rings (SSSR count). The molecule has 7 aromatic carbocycles. The van der Waals surface area contributed by atoms with E-state index in [9.17, 15) is 37.3 Å². The summed E-state index contributed by atoms with van der Waals surface area (Å²) in [4.78, 5) is -0.120. The molecule has 0 unspecified atom stereocenters. The first-order valence-electron chi connectivity index (χ1n) is 17.2. The summed E-state index contributed by atoms with van der Waals surface area (Å²) in [7, 11) is -7.63. The smallest absolute Gasteiger partial charge is 0.261 e. The molecule has 14 nitrogen and oxygen atoms in total. The molecule has 0 aliphatic rings. The molecule has 0 bridgehead atoms. The van der Waals surface area contributed by atoms with Crippen molar-refractivity contribution in [3.05, 3.63) is 140 Å². The average Bonchev–Trinajstić information content (AvgIpc) is 3.18. The summed E-state index contributed by atoms with van der Waals surface area (Å²) in [6, 6.07) is 36.8. The summed E-state index contributed by atoms with van der Waals surface area (Å²) in [6.45, 7) is 3.42. The molecule has 7 aromatic rings. The van der Waals surface area contributed by atoms with Gasteiger partial charge in [-0.2, -0.15) is 0 Å². The Morgan fingerprint density at radius 2 is 0.897 bits per heavy atom. The number of nitrogens with one attached hydrogen (secondary N) is 2. The van der Waals surface area contributed by atoms with Gasteiger partial charge in [0, 0.05) is 39.3 Å². The molecule has 58 heavy (non-hydrogen) atoms. The van der Waals surface area contributed by atoms with Crippen LogP contribution in [0.2, 0.25) is 0 Å². The average molecular weight is 864 g/mol. The van der Waals surface area contributed by atoms with Crippen molar-refractivity contribution in [3.8, 4) is 23.0 Å². The molecule has 0 saturated heterocycles. The van der Waals surface area contributed by atoms with E-state index < -0.39 is 20.0 Å². The normalized spacial score (nSPS) is 11.8. The van der Waals surface area contributed by atoms with Gasteiger partial charge in [0.05, 0.1) is 9.79 Å². The third-order valence-electron chi connectivity index (χ3n) is 8.21. The van der Waals surface area contributed by atoms with Gasteiger partial charge in [-0.25, -0.2) is 21.6 Å². The predicted molar refractivity (Wildman–Crippen MR) is 218 cm³/mol. The van der Waals surface area contributed by atoms with Crippen LogP contribution in [0, 0.1) is 0 Å². The number of hydrogen-bond donors (Lipinski definition) is 6. The van der Waals surface area contributed by atoms with E-state index in [0.29, 0.717) is 16.5 Å². The maximum absolute atomic E-state index is 12.7. The van der Waals surface area contributed by atoms with Crippen molar-refractivity contribution in [2.45, 2.75) is 29.7 Å². The second-order valence-electron chi connectivity index (χ2n) is 12.8. The van der Waals surface area contributed by atoms with Gasteiger partial charge in [-0.3, -0.25) is 4.72 Å².